The fourth-order valence-electron chi connectivity index (χ4n) is 2.40. The van der Waals surface area contributed by atoms with Gasteiger partial charge in [0.05, 0.1) is 10.7 Å². The predicted molar refractivity (Wildman–Crippen MR) is 92.2 cm³/mol. The van der Waals surface area contributed by atoms with Gasteiger partial charge in [0.2, 0.25) is 0 Å². The second-order valence-electron chi connectivity index (χ2n) is 5.50. The summed E-state index contributed by atoms with van der Waals surface area (Å²) in [6.45, 7) is 5.12. The van der Waals surface area contributed by atoms with E-state index in [1.807, 2.05) is 13.1 Å². The van der Waals surface area contributed by atoms with Crippen LogP contribution in [0, 0.1) is 6.92 Å². The second-order valence-corrected chi connectivity index (χ2v) is 5.91. The molecule has 2 rings (SSSR count). The van der Waals surface area contributed by atoms with Gasteiger partial charge in [-0.05, 0) is 49.7 Å². The first-order chi connectivity index (χ1) is 10.0. The van der Waals surface area contributed by atoms with Crippen molar-refractivity contribution >= 4 is 17.3 Å². The molecule has 0 saturated carbocycles. The summed E-state index contributed by atoms with van der Waals surface area (Å²) in [7, 11) is 4.03. The molecule has 0 fully saturated rings. The van der Waals surface area contributed by atoms with Crippen LogP contribution < -0.4 is 10.2 Å². The zero-order chi connectivity index (χ0) is 15.4. The van der Waals surface area contributed by atoms with Crippen LogP contribution in [-0.4, -0.2) is 14.1 Å². The second kappa shape index (κ2) is 6.97. The first kappa shape index (κ1) is 15.9. The maximum Gasteiger partial charge on any atom is 0.0642 e. The summed E-state index contributed by atoms with van der Waals surface area (Å²) in [5, 5.41) is 4.03. The van der Waals surface area contributed by atoms with E-state index in [-0.39, 0.29) is 0 Å². The van der Waals surface area contributed by atoms with E-state index in [0.717, 1.165) is 17.3 Å². The maximum atomic E-state index is 6.46. The van der Waals surface area contributed by atoms with Crippen LogP contribution in [-0.2, 0) is 6.54 Å². The Morgan fingerprint density at radius 3 is 2.52 bits per heavy atom. The van der Waals surface area contributed by atoms with Crippen LogP contribution in [0.5, 0.6) is 0 Å². The monoisotopic (exact) mass is 302 g/mol. The molecule has 0 aromatic heterocycles. The van der Waals surface area contributed by atoms with Gasteiger partial charge in [-0.1, -0.05) is 41.9 Å². The number of hydrogen-bond donors (Lipinski definition) is 1. The molecule has 2 nitrogen and oxygen atoms in total. The third-order valence-electron chi connectivity index (χ3n) is 3.98. The highest BCUT2D eigenvalue weighted by molar-refractivity contribution is 6.33. The minimum atomic E-state index is 0.304. The zero-order valence-electron chi connectivity index (χ0n) is 13.2. The Bertz CT molecular complexity index is 610. The largest absolute Gasteiger partial charge is 0.369 e. The van der Waals surface area contributed by atoms with E-state index in [1.54, 1.807) is 0 Å². The van der Waals surface area contributed by atoms with Crippen LogP contribution in [0.15, 0.2) is 42.5 Å². The van der Waals surface area contributed by atoms with Crippen molar-refractivity contribution in [3.63, 3.8) is 0 Å². The topological polar surface area (TPSA) is 15.3 Å². The Balaban J connectivity index is 2.20. The Kier molecular flexibility index (Phi) is 5.27. The maximum absolute atomic E-state index is 6.46. The number of aryl methyl sites for hydroxylation is 1. The molecule has 0 bridgehead atoms. The summed E-state index contributed by atoms with van der Waals surface area (Å²) in [6, 6.07) is 15.0. The molecule has 2 aromatic rings. The molecule has 0 aliphatic rings. The molecule has 0 amide bonds. The summed E-state index contributed by atoms with van der Waals surface area (Å²) in [5.41, 5.74) is 4.90. The summed E-state index contributed by atoms with van der Waals surface area (Å²) in [6.07, 6.45) is 0. The molecular weight excluding hydrogens is 280 g/mol. The van der Waals surface area contributed by atoms with Gasteiger partial charge in [-0.25, -0.2) is 0 Å². The van der Waals surface area contributed by atoms with Crippen molar-refractivity contribution in [3.8, 4) is 0 Å². The average Bonchev–Trinajstić information content (AvgIpc) is 2.48. The summed E-state index contributed by atoms with van der Waals surface area (Å²) in [4.78, 5) is 2.19. The van der Waals surface area contributed by atoms with Gasteiger partial charge in [0.25, 0.3) is 0 Å². The summed E-state index contributed by atoms with van der Waals surface area (Å²) >= 11 is 6.46. The van der Waals surface area contributed by atoms with Gasteiger partial charge in [0, 0.05) is 19.6 Å². The van der Waals surface area contributed by atoms with Crippen LogP contribution >= 0.6 is 11.6 Å². The highest BCUT2D eigenvalue weighted by Crippen LogP contribution is 2.29. The fourth-order valence-corrected chi connectivity index (χ4v) is 2.73. The van der Waals surface area contributed by atoms with Gasteiger partial charge in [0.15, 0.2) is 0 Å². The number of nitrogens with one attached hydrogen (secondary N) is 1. The molecule has 0 spiro atoms. The SMILES string of the molecule is CNC(C)c1ccc(N(C)Cc2ccccc2C)c(Cl)c1. The molecule has 0 heterocycles. The van der Waals surface area contributed by atoms with E-state index in [9.17, 15) is 0 Å². The third-order valence-corrected chi connectivity index (χ3v) is 4.29. The van der Waals surface area contributed by atoms with Crippen LogP contribution in [0.3, 0.4) is 0 Å². The number of hydrogen-bond acceptors (Lipinski definition) is 2. The quantitative estimate of drug-likeness (QED) is 0.870. The van der Waals surface area contributed by atoms with Crippen molar-refractivity contribution in [1.82, 2.24) is 5.32 Å². The fraction of sp³-hybridized carbons (Fsp3) is 0.333. The van der Waals surface area contributed by atoms with E-state index in [1.165, 1.54) is 16.7 Å². The van der Waals surface area contributed by atoms with Crippen LogP contribution in [0.25, 0.3) is 0 Å². The first-order valence-electron chi connectivity index (χ1n) is 7.25. The minimum Gasteiger partial charge on any atom is -0.369 e. The van der Waals surface area contributed by atoms with Crippen molar-refractivity contribution in [2.24, 2.45) is 0 Å². The van der Waals surface area contributed by atoms with Crippen LogP contribution in [0.2, 0.25) is 5.02 Å². The van der Waals surface area contributed by atoms with E-state index in [2.05, 4.69) is 67.5 Å². The molecule has 0 saturated heterocycles. The lowest BCUT2D eigenvalue weighted by Gasteiger charge is -2.23. The molecule has 1 N–H and O–H groups in total. The van der Waals surface area contributed by atoms with Gasteiger partial charge in [-0.2, -0.15) is 0 Å². The molecule has 0 aliphatic heterocycles. The van der Waals surface area contributed by atoms with E-state index >= 15 is 0 Å². The lowest BCUT2D eigenvalue weighted by Crippen LogP contribution is -2.18. The van der Waals surface area contributed by atoms with Gasteiger partial charge in [-0.15, -0.1) is 0 Å². The van der Waals surface area contributed by atoms with Gasteiger partial charge < -0.3 is 10.2 Å². The van der Waals surface area contributed by atoms with Gasteiger partial charge in [-0.3, -0.25) is 0 Å². The number of nitrogens with zero attached hydrogens (tertiary/aromatic N) is 1. The standard InChI is InChI=1S/C18H23ClN2/c1-13-7-5-6-8-16(13)12-21(4)18-10-9-15(11-17(18)19)14(2)20-3/h5-11,14,20H,12H2,1-4H3. The number of anilines is 1. The lowest BCUT2D eigenvalue weighted by molar-refractivity contribution is 0.652. The molecule has 21 heavy (non-hydrogen) atoms. The molecule has 2 aromatic carbocycles. The molecule has 0 aliphatic carbocycles. The smallest absolute Gasteiger partial charge is 0.0642 e. The highest BCUT2D eigenvalue weighted by atomic mass is 35.5. The Morgan fingerprint density at radius 2 is 1.90 bits per heavy atom. The normalized spacial score (nSPS) is 12.2. The van der Waals surface area contributed by atoms with Crippen molar-refractivity contribution in [3.05, 3.63) is 64.2 Å². The van der Waals surface area contributed by atoms with Crippen LogP contribution in [0.1, 0.15) is 29.7 Å². The predicted octanol–water partition coefficient (Wildman–Crippen LogP) is 4.57. The zero-order valence-corrected chi connectivity index (χ0v) is 13.9. The van der Waals surface area contributed by atoms with Gasteiger partial charge in [0.1, 0.15) is 0 Å². The van der Waals surface area contributed by atoms with Crippen molar-refractivity contribution in [2.45, 2.75) is 26.4 Å². The Morgan fingerprint density at radius 1 is 1.19 bits per heavy atom. The van der Waals surface area contributed by atoms with Crippen molar-refractivity contribution < 1.29 is 0 Å². The van der Waals surface area contributed by atoms with E-state index < -0.39 is 0 Å². The average molecular weight is 303 g/mol. The van der Waals surface area contributed by atoms with Crippen LogP contribution in [0.4, 0.5) is 5.69 Å². The molecular formula is C18H23ClN2. The van der Waals surface area contributed by atoms with Crippen molar-refractivity contribution in [2.75, 3.05) is 19.0 Å². The number of halogens is 1. The number of benzene rings is 2. The molecule has 112 valence electrons. The summed E-state index contributed by atoms with van der Waals surface area (Å²) in [5.74, 6) is 0. The molecule has 3 heteroatoms. The summed E-state index contributed by atoms with van der Waals surface area (Å²) < 4.78 is 0. The highest BCUT2D eigenvalue weighted by Gasteiger charge is 2.10. The Labute approximate surface area is 132 Å². The van der Waals surface area contributed by atoms with E-state index in [4.69, 9.17) is 11.6 Å². The lowest BCUT2D eigenvalue weighted by atomic mass is 10.1. The Hall–Kier alpha value is -1.51. The van der Waals surface area contributed by atoms with Crippen molar-refractivity contribution in [1.29, 1.82) is 0 Å². The first-order valence-corrected chi connectivity index (χ1v) is 7.63. The third kappa shape index (κ3) is 3.78. The molecule has 1 unspecified atom stereocenters. The van der Waals surface area contributed by atoms with Gasteiger partial charge >= 0.3 is 0 Å². The molecule has 0 radical (unpaired) electrons. The van der Waals surface area contributed by atoms with E-state index in [0.29, 0.717) is 6.04 Å². The molecule has 1 atom stereocenters. The number of rotatable bonds is 5. The minimum absolute atomic E-state index is 0.304.